The lowest BCUT2D eigenvalue weighted by Crippen LogP contribution is -2.52. The van der Waals surface area contributed by atoms with Gasteiger partial charge < -0.3 is 19.0 Å². The van der Waals surface area contributed by atoms with Gasteiger partial charge in [-0.3, -0.25) is 4.90 Å². The molecule has 0 spiro atoms. The molecule has 0 saturated carbocycles. The summed E-state index contributed by atoms with van der Waals surface area (Å²) in [5.41, 5.74) is 0. The van der Waals surface area contributed by atoms with Crippen molar-refractivity contribution in [2.45, 2.75) is 50.7 Å². The van der Waals surface area contributed by atoms with Crippen molar-refractivity contribution in [2.75, 3.05) is 20.3 Å². The number of hydrogen-bond donors (Lipinski definition) is 1. The maximum Gasteiger partial charge on any atom is 0.490 e. The lowest BCUT2D eigenvalue weighted by molar-refractivity contribution is -0.192. The predicted octanol–water partition coefficient (Wildman–Crippen LogP) is 2.60. The molecule has 0 aliphatic carbocycles. The van der Waals surface area contributed by atoms with Crippen LogP contribution in [0.1, 0.15) is 24.4 Å². The van der Waals surface area contributed by atoms with E-state index in [-0.39, 0.29) is 12.2 Å². The summed E-state index contributed by atoms with van der Waals surface area (Å²) in [7, 11) is 1.79. The fourth-order valence-electron chi connectivity index (χ4n) is 3.19. The number of halogens is 3. The van der Waals surface area contributed by atoms with Gasteiger partial charge in [0.25, 0.3) is 0 Å². The molecule has 9 heteroatoms. The van der Waals surface area contributed by atoms with Gasteiger partial charge in [0.15, 0.2) is 0 Å². The number of carboxylic acid groups (broad SMARTS) is 1. The van der Waals surface area contributed by atoms with E-state index in [1.165, 1.54) is 0 Å². The second kappa shape index (κ2) is 8.20. The van der Waals surface area contributed by atoms with Crippen molar-refractivity contribution in [1.29, 1.82) is 0 Å². The highest BCUT2D eigenvalue weighted by Gasteiger charge is 2.42. The molecule has 6 nitrogen and oxygen atoms in total. The van der Waals surface area contributed by atoms with Crippen LogP contribution in [-0.4, -0.2) is 60.7 Å². The van der Waals surface area contributed by atoms with Gasteiger partial charge >= 0.3 is 12.1 Å². The molecule has 0 bridgehead atoms. The van der Waals surface area contributed by atoms with E-state index in [1.54, 1.807) is 7.11 Å². The fraction of sp³-hybridized carbons (Fsp3) is 0.688. The van der Waals surface area contributed by atoms with Gasteiger partial charge in [-0.05, 0) is 31.9 Å². The van der Waals surface area contributed by atoms with Gasteiger partial charge in [0.05, 0.1) is 18.8 Å². The van der Waals surface area contributed by atoms with Crippen LogP contribution in [-0.2, 0) is 20.8 Å². The summed E-state index contributed by atoms with van der Waals surface area (Å²) in [6.45, 7) is 4.78. The Hall–Kier alpha value is -1.58. The third kappa shape index (κ3) is 5.20. The molecule has 0 aromatic carbocycles. The molecule has 3 atom stereocenters. The van der Waals surface area contributed by atoms with Crippen molar-refractivity contribution in [1.82, 2.24) is 4.90 Å². The second-order valence-corrected chi connectivity index (χ2v) is 6.04. The first kappa shape index (κ1) is 19.7. The molecule has 1 aromatic heterocycles. The van der Waals surface area contributed by atoms with E-state index in [2.05, 4.69) is 11.0 Å². The molecule has 25 heavy (non-hydrogen) atoms. The number of methoxy groups -OCH3 is 1. The van der Waals surface area contributed by atoms with Crippen molar-refractivity contribution < 1.29 is 37.0 Å². The van der Waals surface area contributed by atoms with Crippen LogP contribution in [0.5, 0.6) is 0 Å². The zero-order valence-electron chi connectivity index (χ0n) is 14.1. The van der Waals surface area contributed by atoms with Crippen LogP contribution in [0.4, 0.5) is 13.2 Å². The third-order valence-corrected chi connectivity index (χ3v) is 4.34. The SMILES string of the molecule is CO[C@H]1CCN(Cc2ccc(C)o2)[C@H]2CCO[C@H]12.O=C(O)C(F)(F)F. The average molecular weight is 365 g/mol. The number of furan rings is 1. The van der Waals surface area contributed by atoms with Crippen LogP contribution in [0.25, 0.3) is 0 Å². The number of nitrogens with zero attached hydrogens (tertiary/aromatic N) is 1. The number of carbonyl (C=O) groups is 1. The topological polar surface area (TPSA) is 72.1 Å². The standard InChI is InChI=1S/C14H21NO3.C2HF3O2/c1-10-3-4-11(18-10)9-15-7-5-13(16-2)14-12(15)6-8-17-14;3-2(4,5)1(6)7/h3-4,12-14H,5-9H2,1-2H3;(H,6,7)/t12-,13-,14-;/m0./s1. The molecule has 1 aromatic rings. The molecular formula is C16H22F3NO5. The summed E-state index contributed by atoms with van der Waals surface area (Å²) in [5, 5.41) is 7.12. The molecule has 3 rings (SSSR count). The summed E-state index contributed by atoms with van der Waals surface area (Å²) >= 11 is 0. The number of aliphatic carboxylic acids is 1. The minimum atomic E-state index is -5.08. The number of carboxylic acids is 1. The first-order valence-corrected chi connectivity index (χ1v) is 7.96. The Balaban J connectivity index is 0.000000277. The molecule has 3 heterocycles. The molecule has 0 radical (unpaired) electrons. The van der Waals surface area contributed by atoms with Crippen LogP contribution in [0.2, 0.25) is 0 Å². The van der Waals surface area contributed by atoms with Crippen LogP contribution in [0, 0.1) is 6.92 Å². The van der Waals surface area contributed by atoms with Gasteiger partial charge in [-0.2, -0.15) is 13.2 Å². The van der Waals surface area contributed by atoms with Gasteiger partial charge in [0, 0.05) is 26.3 Å². The zero-order valence-corrected chi connectivity index (χ0v) is 14.1. The number of rotatable bonds is 3. The van der Waals surface area contributed by atoms with Gasteiger partial charge in [0.1, 0.15) is 11.5 Å². The van der Waals surface area contributed by atoms with Gasteiger partial charge in [0.2, 0.25) is 0 Å². The Morgan fingerprint density at radius 2 is 2.08 bits per heavy atom. The third-order valence-electron chi connectivity index (χ3n) is 4.34. The Bertz CT molecular complexity index is 574. The molecule has 142 valence electrons. The van der Waals surface area contributed by atoms with Gasteiger partial charge in [-0.1, -0.05) is 0 Å². The van der Waals surface area contributed by atoms with Crippen LogP contribution < -0.4 is 0 Å². The second-order valence-electron chi connectivity index (χ2n) is 6.04. The van der Waals surface area contributed by atoms with Crippen molar-refractivity contribution in [2.24, 2.45) is 0 Å². The lowest BCUT2D eigenvalue weighted by Gasteiger charge is -2.40. The molecule has 2 saturated heterocycles. The zero-order chi connectivity index (χ0) is 18.6. The minimum absolute atomic E-state index is 0.236. The number of likely N-dealkylation sites (tertiary alicyclic amines) is 1. The number of hydrogen-bond acceptors (Lipinski definition) is 5. The quantitative estimate of drug-likeness (QED) is 0.888. The minimum Gasteiger partial charge on any atom is -0.475 e. The first-order valence-electron chi connectivity index (χ1n) is 7.96. The molecule has 0 amide bonds. The summed E-state index contributed by atoms with van der Waals surface area (Å²) in [6, 6.07) is 4.58. The molecular weight excluding hydrogens is 343 g/mol. The van der Waals surface area contributed by atoms with Gasteiger partial charge in [-0.15, -0.1) is 0 Å². The fourth-order valence-corrected chi connectivity index (χ4v) is 3.19. The number of aryl methyl sites for hydroxylation is 1. The normalized spacial score (nSPS) is 26.7. The predicted molar refractivity (Wildman–Crippen MR) is 81.1 cm³/mol. The largest absolute Gasteiger partial charge is 0.490 e. The van der Waals surface area contributed by atoms with Gasteiger partial charge in [-0.25, -0.2) is 4.79 Å². The number of piperidine rings is 1. The molecule has 1 N–H and O–H groups in total. The molecule has 0 unspecified atom stereocenters. The summed E-state index contributed by atoms with van der Waals surface area (Å²) in [5.74, 6) is -0.725. The summed E-state index contributed by atoms with van der Waals surface area (Å²) in [6.07, 6.45) is -2.45. The number of alkyl halides is 3. The average Bonchev–Trinajstić information content (AvgIpc) is 3.16. The Labute approximate surface area is 143 Å². The lowest BCUT2D eigenvalue weighted by atomic mass is 9.95. The molecule has 2 fully saturated rings. The molecule has 2 aliphatic rings. The highest BCUT2D eigenvalue weighted by molar-refractivity contribution is 5.73. The van der Waals surface area contributed by atoms with Crippen molar-refractivity contribution in [3.8, 4) is 0 Å². The van der Waals surface area contributed by atoms with E-state index >= 15 is 0 Å². The van der Waals surface area contributed by atoms with E-state index in [9.17, 15) is 13.2 Å². The number of fused-ring (bicyclic) bond motifs is 1. The maximum absolute atomic E-state index is 10.6. The Morgan fingerprint density at radius 1 is 1.40 bits per heavy atom. The monoisotopic (exact) mass is 365 g/mol. The summed E-state index contributed by atoms with van der Waals surface area (Å²) < 4.78 is 48.8. The Morgan fingerprint density at radius 3 is 2.60 bits per heavy atom. The van der Waals surface area contributed by atoms with E-state index < -0.39 is 12.1 Å². The van der Waals surface area contributed by atoms with E-state index in [0.29, 0.717) is 6.04 Å². The molecule has 2 aliphatic heterocycles. The highest BCUT2D eigenvalue weighted by Crippen LogP contribution is 2.31. The summed E-state index contributed by atoms with van der Waals surface area (Å²) in [4.78, 5) is 11.4. The van der Waals surface area contributed by atoms with Crippen LogP contribution in [0.3, 0.4) is 0 Å². The van der Waals surface area contributed by atoms with Crippen molar-refractivity contribution in [3.05, 3.63) is 23.7 Å². The van der Waals surface area contributed by atoms with E-state index in [0.717, 1.165) is 44.1 Å². The van der Waals surface area contributed by atoms with Crippen molar-refractivity contribution >= 4 is 5.97 Å². The van der Waals surface area contributed by atoms with E-state index in [1.807, 2.05) is 13.0 Å². The van der Waals surface area contributed by atoms with Crippen LogP contribution in [0.15, 0.2) is 16.5 Å². The van der Waals surface area contributed by atoms with Crippen LogP contribution >= 0.6 is 0 Å². The number of ether oxygens (including phenoxy) is 2. The smallest absolute Gasteiger partial charge is 0.475 e. The highest BCUT2D eigenvalue weighted by atomic mass is 19.4. The Kier molecular flexibility index (Phi) is 6.47. The van der Waals surface area contributed by atoms with Crippen molar-refractivity contribution in [3.63, 3.8) is 0 Å². The first-order chi connectivity index (χ1) is 11.7. The maximum atomic E-state index is 10.6. The van der Waals surface area contributed by atoms with E-state index in [4.69, 9.17) is 23.8 Å².